The van der Waals surface area contributed by atoms with Gasteiger partial charge in [-0.1, -0.05) is 30.3 Å². The summed E-state index contributed by atoms with van der Waals surface area (Å²) >= 11 is 0. The van der Waals surface area contributed by atoms with Crippen LogP contribution < -0.4 is 10.1 Å². The van der Waals surface area contributed by atoms with Crippen molar-refractivity contribution < 1.29 is 19.1 Å². The first-order chi connectivity index (χ1) is 11.1. The Balaban J connectivity index is 2.08. The van der Waals surface area contributed by atoms with Gasteiger partial charge in [0.05, 0.1) is 0 Å². The summed E-state index contributed by atoms with van der Waals surface area (Å²) in [6.45, 7) is 1.35. The highest BCUT2D eigenvalue weighted by Gasteiger charge is 2.22. The number of hydrogen-bond donors (Lipinski definition) is 1. The van der Waals surface area contributed by atoms with Crippen LogP contribution in [-0.2, 0) is 16.0 Å². The molecule has 0 aliphatic rings. The fourth-order valence-electron chi connectivity index (χ4n) is 2.09. The Hall–Kier alpha value is -2.95. The molecule has 2 aromatic rings. The molecule has 23 heavy (non-hydrogen) atoms. The first kappa shape index (κ1) is 16.4. The van der Waals surface area contributed by atoms with Crippen molar-refractivity contribution in [3.63, 3.8) is 0 Å². The fourth-order valence-corrected chi connectivity index (χ4v) is 2.09. The molecule has 0 spiro atoms. The summed E-state index contributed by atoms with van der Waals surface area (Å²) in [5.74, 6) is -0.536. The Kier molecular flexibility index (Phi) is 5.63. The third kappa shape index (κ3) is 5.07. The van der Waals surface area contributed by atoms with Crippen molar-refractivity contribution in [1.82, 2.24) is 5.32 Å². The van der Waals surface area contributed by atoms with E-state index in [0.29, 0.717) is 24.0 Å². The Morgan fingerprint density at radius 3 is 2.30 bits per heavy atom. The van der Waals surface area contributed by atoms with E-state index in [1.807, 2.05) is 30.3 Å². The molecule has 0 saturated carbocycles. The van der Waals surface area contributed by atoms with Gasteiger partial charge in [-0.15, -0.1) is 0 Å². The number of ether oxygens (including phenoxy) is 1. The van der Waals surface area contributed by atoms with Crippen LogP contribution >= 0.6 is 0 Å². The Bertz CT molecular complexity index is 680. The van der Waals surface area contributed by atoms with E-state index >= 15 is 0 Å². The summed E-state index contributed by atoms with van der Waals surface area (Å²) in [4.78, 5) is 34.2. The molecule has 1 N–H and O–H groups in total. The quantitative estimate of drug-likeness (QED) is 0.504. The molecule has 118 valence electrons. The lowest BCUT2D eigenvalue weighted by Crippen LogP contribution is -2.43. The number of carbonyl (C=O) groups excluding carboxylic acids is 3. The maximum atomic E-state index is 12.3. The van der Waals surface area contributed by atoms with E-state index in [4.69, 9.17) is 4.74 Å². The molecule has 0 saturated heterocycles. The average molecular weight is 311 g/mol. The number of nitrogens with one attached hydrogen (secondary N) is 1. The van der Waals surface area contributed by atoms with Crippen LogP contribution in [0.25, 0.3) is 0 Å². The van der Waals surface area contributed by atoms with E-state index in [0.717, 1.165) is 5.56 Å². The molecular weight excluding hydrogens is 294 g/mol. The van der Waals surface area contributed by atoms with Gasteiger partial charge in [-0.2, -0.15) is 0 Å². The zero-order chi connectivity index (χ0) is 16.7. The van der Waals surface area contributed by atoms with E-state index < -0.39 is 12.0 Å². The van der Waals surface area contributed by atoms with Crippen molar-refractivity contribution >= 4 is 18.2 Å². The number of esters is 1. The molecule has 0 fully saturated rings. The molecule has 1 amide bonds. The highest BCUT2D eigenvalue weighted by Crippen LogP contribution is 2.13. The van der Waals surface area contributed by atoms with Crippen LogP contribution in [0.15, 0.2) is 54.6 Å². The van der Waals surface area contributed by atoms with Gasteiger partial charge in [0.15, 0.2) is 0 Å². The minimum atomic E-state index is -0.777. The number of rotatable bonds is 6. The predicted molar refractivity (Wildman–Crippen MR) is 85.2 cm³/mol. The van der Waals surface area contributed by atoms with Crippen molar-refractivity contribution in [2.75, 3.05) is 0 Å². The van der Waals surface area contributed by atoms with Crippen LogP contribution in [0.2, 0.25) is 0 Å². The van der Waals surface area contributed by atoms with E-state index in [9.17, 15) is 14.4 Å². The van der Waals surface area contributed by atoms with Gasteiger partial charge < -0.3 is 10.1 Å². The summed E-state index contributed by atoms with van der Waals surface area (Å²) < 4.78 is 5.28. The summed E-state index contributed by atoms with van der Waals surface area (Å²) in [6, 6.07) is 14.8. The van der Waals surface area contributed by atoms with Crippen LogP contribution in [0.3, 0.4) is 0 Å². The average Bonchev–Trinajstić information content (AvgIpc) is 2.55. The van der Waals surface area contributed by atoms with Crippen LogP contribution in [0.4, 0.5) is 0 Å². The van der Waals surface area contributed by atoms with E-state index in [2.05, 4.69) is 5.32 Å². The zero-order valence-electron chi connectivity index (χ0n) is 12.7. The fraction of sp³-hybridized carbons (Fsp3) is 0.167. The lowest BCUT2D eigenvalue weighted by molar-refractivity contribution is -0.139. The zero-order valence-corrected chi connectivity index (χ0v) is 12.7. The standard InChI is InChI=1S/C18H17NO4/c1-13(21)19-17(11-14-5-3-2-4-6-14)18(22)23-16-9-7-15(12-20)8-10-16/h2-10,12,17H,11H2,1H3,(H,19,21). The number of hydrogen-bond acceptors (Lipinski definition) is 4. The molecule has 5 heteroatoms. The van der Waals surface area contributed by atoms with Gasteiger partial charge in [0.1, 0.15) is 18.1 Å². The van der Waals surface area contributed by atoms with Crippen LogP contribution in [0, 0.1) is 0 Å². The summed E-state index contributed by atoms with van der Waals surface area (Å²) in [5, 5.41) is 2.60. The van der Waals surface area contributed by atoms with Crippen LogP contribution in [0.1, 0.15) is 22.8 Å². The molecule has 5 nitrogen and oxygen atoms in total. The van der Waals surface area contributed by atoms with Crippen molar-refractivity contribution in [1.29, 1.82) is 0 Å². The lowest BCUT2D eigenvalue weighted by Gasteiger charge is -2.16. The molecule has 0 bridgehead atoms. The first-order valence-electron chi connectivity index (χ1n) is 7.16. The second-order valence-electron chi connectivity index (χ2n) is 5.05. The Labute approximate surface area is 134 Å². The number of aldehydes is 1. The molecule has 2 aromatic carbocycles. The topological polar surface area (TPSA) is 72.5 Å². The number of amides is 1. The third-order valence-corrected chi connectivity index (χ3v) is 3.18. The molecule has 0 aliphatic carbocycles. The highest BCUT2D eigenvalue weighted by atomic mass is 16.5. The summed E-state index contributed by atoms with van der Waals surface area (Å²) in [7, 11) is 0. The highest BCUT2D eigenvalue weighted by molar-refractivity contribution is 5.85. The van der Waals surface area contributed by atoms with Crippen LogP contribution in [-0.4, -0.2) is 24.2 Å². The molecule has 0 aliphatic heterocycles. The van der Waals surface area contributed by atoms with Gasteiger partial charge in [0.25, 0.3) is 0 Å². The van der Waals surface area contributed by atoms with Gasteiger partial charge in [-0.3, -0.25) is 9.59 Å². The Morgan fingerprint density at radius 2 is 1.74 bits per heavy atom. The van der Waals surface area contributed by atoms with E-state index in [1.165, 1.54) is 19.1 Å². The summed E-state index contributed by atoms with van der Waals surface area (Å²) in [5.41, 5.74) is 1.41. The molecule has 1 atom stereocenters. The minimum absolute atomic E-state index is 0.306. The first-order valence-corrected chi connectivity index (χ1v) is 7.16. The molecule has 0 radical (unpaired) electrons. The number of carbonyl (C=O) groups is 3. The van der Waals surface area contributed by atoms with Crippen molar-refractivity contribution in [3.05, 3.63) is 65.7 Å². The third-order valence-electron chi connectivity index (χ3n) is 3.18. The monoisotopic (exact) mass is 311 g/mol. The smallest absolute Gasteiger partial charge is 0.334 e. The SMILES string of the molecule is CC(=O)NC(Cc1ccccc1)C(=O)Oc1ccc(C=O)cc1. The van der Waals surface area contributed by atoms with Crippen molar-refractivity contribution in [2.24, 2.45) is 0 Å². The lowest BCUT2D eigenvalue weighted by atomic mass is 10.1. The molecule has 0 heterocycles. The molecular formula is C18H17NO4. The second-order valence-corrected chi connectivity index (χ2v) is 5.05. The predicted octanol–water partition coefficient (Wildman–Crippen LogP) is 2.15. The largest absolute Gasteiger partial charge is 0.425 e. The molecule has 2 rings (SSSR count). The maximum Gasteiger partial charge on any atom is 0.334 e. The van der Waals surface area contributed by atoms with Crippen molar-refractivity contribution in [2.45, 2.75) is 19.4 Å². The maximum absolute atomic E-state index is 12.3. The van der Waals surface area contributed by atoms with E-state index in [1.54, 1.807) is 12.1 Å². The van der Waals surface area contributed by atoms with E-state index in [-0.39, 0.29) is 5.91 Å². The Morgan fingerprint density at radius 1 is 1.09 bits per heavy atom. The molecule has 0 aromatic heterocycles. The number of benzene rings is 2. The normalized spacial score (nSPS) is 11.3. The van der Waals surface area contributed by atoms with Gasteiger partial charge in [0.2, 0.25) is 5.91 Å². The van der Waals surface area contributed by atoms with Gasteiger partial charge in [0, 0.05) is 18.9 Å². The van der Waals surface area contributed by atoms with Gasteiger partial charge >= 0.3 is 5.97 Å². The minimum Gasteiger partial charge on any atom is -0.425 e. The van der Waals surface area contributed by atoms with Crippen molar-refractivity contribution in [3.8, 4) is 5.75 Å². The van der Waals surface area contributed by atoms with Gasteiger partial charge in [-0.25, -0.2) is 4.79 Å². The summed E-state index contributed by atoms with van der Waals surface area (Å²) in [6.07, 6.45) is 1.05. The van der Waals surface area contributed by atoms with Gasteiger partial charge in [-0.05, 0) is 29.8 Å². The van der Waals surface area contributed by atoms with Crippen LogP contribution in [0.5, 0.6) is 5.75 Å². The molecule has 1 unspecified atom stereocenters. The second kappa shape index (κ2) is 7.89.